The molecule has 0 aliphatic heterocycles. The first-order valence-corrected chi connectivity index (χ1v) is 9.62. The summed E-state index contributed by atoms with van der Waals surface area (Å²) in [5.41, 5.74) is 2.60. The quantitative estimate of drug-likeness (QED) is 0.546. The van der Waals surface area contributed by atoms with E-state index < -0.39 is 12.2 Å². The monoisotopic (exact) mass is 397 g/mol. The molecule has 3 nitrogen and oxygen atoms in total. The number of aliphatic hydroxyl groups excluding tert-OH is 1. The molecule has 0 saturated heterocycles. The Morgan fingerprint density at radius 1 is 0.793 bits per heavy atom. The van der Waals surface area contributed by atoms with Crippen molar-refractivity contribution in [2.24, 2.45) is 0 Å². The summed E-state index contributed by atoms with van der Waals surface area (Å²) in [4.78, 5) is 0. The van der Waals surface area contributed by atoms with Gasteiger partial charge in [-0.3, -0.25) is 0 Å². The van der Waals surface area contributed by atoms with Crippen molar-refractivity contribution >= 4 is 0 Å². The lowest BCUT2D eigenvalue weighted by atomic mass is 10.0. The van der Waals surface area contributed by atoms with Gasteiger partial charge < -0.3 is 15.2 Å². The highest BCUT2D eigenvalue weighted by Gasteiger charge is 2.18. The van der Waals surface area contributed by atoms with Gasteiger partial charge in [0.15, 0.2) is 0 Å². The molecule has 3 aromatic carbocycles. The van der Waals surface area contributed by atoms with Crippen molar-refractivity contribution in [1.29, 1.82) is 0 Å². The van der Waals surface area contributed by atoms with Crippen molar-refractivity contribution in [3.8, 4) is 0 Å². The first kappa shape index (κ1) is 21.1. The van der Waals surface area contributed by atoms with E-state index in [-0.39, 0.29) is 24.3 Å². The minimum absolute atomic E-state index is 0.0773. The van der Waals surface area contributed by atoms with Crippen LogP contribution in [0.1, 0.15) is 35.8 Å². The van der Waals surface area contributed by atoms with Gasteiger partial charge in [-0.1, -0.05) is 54.6 Å². The molecule has 0 aliphatic carbocycles. The van der Waals surface area contributed by atoms with Crippen LogP contribution in [0.4, 0.5) is 8.78 Å². The summed E-state index contributed by atoms with van der Waals surface area (Å²) >= 11 is 0. The van der Waals surface area contributed by atoms with Crippen molar-refractivity contribution in [2.45, 2.75) is 25.2 Å². The topological polar surface area (TPSA) is 41.5 Å². The average Bonchev–Trinajstić information content (AvgIpc) is 2.75. The molecule has 152 valence electrons. The van der Waals surface area contributed by atoms with Crippen molar-refractivity contribution < 1.29 is 18.6 Å². The van der Waals surface area contributed by atoms with Gasteiger partial charge in [-0.15, -0.1) is 0 Å². The van der Waals surface area contributed by atoms with Crippen LogP contribution >= 0.6 is 0 Å². The predicted octanol–water partition coefficient (Wildman–Crippen LogP) is 4.78. The van der Waals surface area contributed by atoms with Crippen molar-refractivity contribution in [3.63, 3.8) is 0 Å². The van der Waals surface area contributed by atoms with Gasteiger partial charge in [0.2, 0.25) is 0 Å². The zero-order chi connectivity index (χ0) is 20.6. The highest BCUT2D eigenvalue weighted by molar-refractivity contribution is 5.30. The van der Waals surface area contributed by atoms with Gasteiger partial charge in [0.25, 0.3) is 0 Å². The molecule has 0 aliphatic rings. The molecule has 5 heteroatoms. The third-order valence-electron chi connectivity index (χ3n) is 4.76. The molecule has 0 radical (unpaired) electrons. The van der Waals surface area contributed by atoms with Crippen LogP contribution in [0.2, 0.25) is 0 Å². The summed E-state index contributed by atoms with van der Waals surface area (Å²) in [6.45, 7) is 2.46. The molecule has 0 spiro atoms. The van der Waals surface area contributed by atoms with Crippen molar-refractivity contribution in [3.05, 3.63) is 107 Å². The van der Waals surface area contributed by atoms with Crippen LogP contribution in [0.25, 0.3) is 0 Å². The second-order valence-electron chi connectivity index (χ2n) is 7.01. The number of aliphatic hydroxyl groups is 1. The average molecular weight is 397 g/mol. The summed E-state index contributed by atoms with van der Waals surface area (Å²) in [5, 5.41) is 13.7. The first-order valence-electron chi connectivity index (χ1n) is 9.62. The van der Waals surface area contributed by atoms with Gasteiger partial charge in [-0.25, -0.2) is 8.78 Å². The molecule has 29 heavy (non-hydrogen) atoms. The molecular weight excluding hydrogens is 372 g/mol. The first-order chi connectivity index (χ1) is 14.0. The maximum Gasteiger partial charge on any atom is 0.123 e. The minimum Gasteiger partial charge on any atom is -0.389 e. The maximum atomic E-state index is 13.3. The lowest BCUT2D eigenvalue weighted by Gasteiger charge is -2.22. The molecule has 0 saturated carbocycles. The number of benzene rings is 3. The van der Waals surface area contributed by atoms with Crippen LogP contribution in [0.15, 0.2) is 78.9 Å². The molecule has 0 fully saturated rings. The molecule has 2 N–H and O–H groups in total. The van der Waals surface area contributed by atoms with Gasteiger partial charge in [0, 0.05) is 12.6 Å². The maximum absolute atomic E-state index is 13.3. The zero-order valence-corrected chi connectivity index (χ0v) is 16.3. The molecule has 2 atom stereocenters. The summed E-state index contributed by atoms with van der Waals surface area (Å²) < 4.78 is 32.6. The van der Waals surface area contributed by atoms with Gasteiger partial charge in [-0.2, -0.15) is 0 Å². The standard InChI is InChI=1S/C24H25F2NO2/c1-17(18-5-3-2-4-6-18)27-15-23(28)16-29-24(19-7-11-21(25)12-8-19)20-9-13-22(26)14-10-20/h2-14,17,23-24,27-28H,15-16H2,1H3. The zero-order valence-electron chi connectivity index (χ0n) is 16.3. The Labute approximate surface area is 170 Å². The molecule has 0 amide bonds. The molecule has 3 rings (SSSR count). The largest absolute Gasteiger partial charge is 0.389 e. The predicted molar refractivity (Wildman–Crippen MR) is 109 cm³/mol. The van der Waals surface area contributed by atoms with E-state index in [0.29, 0.717) is 6.54 Å². The van der Waals surface area contributed by atoms with E-state index in [9.17, 15) is 13.9 Å². The molecular formula is C24H25F2NO2. The SMILES string of the molecule is CC(NCC(O)COC(c1ccc(F)cc1)c1ccc(F)cc1)c1ccccc1. The Balaban J connectivity index is 1.61. The van der Waals surface area contributed by atoms with Crippen molar-refractivity contribution in [1.82, 2.24) is 5.32 Å². The summed E-state index contributed by atoms with van der Waals surface area (Å²) in [6.07, 6.45) is -1.26. The number of halogens is 2. The van der Waals surface area contributed by atoms with Crippen LogP contribution < -0.4 is 5.32 Å². The Morgan fingerprint density at radius 2 is 1.31 bits per heavy atom. The highest BCUT2D eigenvalue weighted by Crippen LogP contribution is 2.26. The van der Waals surface area contributed by atoms with Gasteiger partial charge in [0.1, 0.15) is 17.7 Å². The highest BCUT2D eigenvalue weighted by atomic mass is 19.1. The van der Waals surface area contributed by atoms with E-state index in [2.05, 4.69) is 5.32 Å². The number of nitrogens with one attached hydrogen (secondary N) is 1. The van der Waals surface area contributed by atoms with Crippen LogP contribution in [-0.4, -0.2) is 24.4 Å². The van der Waals surface area contributed by atoms with Crippen molar-refractivity contribution in [2.75, 3.05) is 13.2 Å². The van der Waals surface area contributed by atoms with Crippen LogP contribution in [-0.2, 0) is 4.74 Å². The summed E-state index contributed by atoms with van der Waals surface area (Å²) in [5.74, 6) is -0.684. The third-order valence-corrected chi connectivity index (χ3v) is 4.76. The summed E-state index contributed by atoms with van der Waals surface area (Å²) in [7, 11) is 0. The molecule has 0 heterocycles. The van der Waals surface area contributed by atoms with Crippen LogP contribution in [0, 0.1) is 11.6 Å². The lowest BCUT2D eigenvalue weighted by Crippen LogP contribution is -2.32. The van der Waals surface area contributed by atoms with E-state index in [1.165, 1.54) is 24.3 Å². The smallest absolute Gasteiger partial charge is 0.123 e. The van der Waals surface area contributed by atoms with E-state index in [1.54, 1.807) is 24.3 Å². The number of hydrogen-bond donors (Lipinski definition) is 2. The number of hydrogen-bond acceptors (Lipinski definition) is 3. The Morgan fingerprint density at radius 3 is 1.83 bits per heavy atom. The Kier molecular flexibility index (Phi) is 7.47. The Bertz CT molecular complexity index is 824. The fraction of sp³-hybridized carbons (Fsp3) is 0.250. The van der Waals surface area contributed by atoms with Gasteiger partial charge in [-0.05, 0) is 47.9 Å². The van der Waals surface area contributed by atoms with E-state index in [4.69, 9.17) is 4.74 Å². The normalized spacial score (nSPS) is 13.4. The fourth-order valence-electron chi connectivity index (χ4n) is 3.10. The second kappa shape index (κ2) is 10.3. The minimum atomic E-state index is -0.732. The van der Waals surface area contributed by atoms with E-state index in [0.717, 1.165) is 16.7 Å². The molecule has 0 aromatic heterocycles. The molecule has 3 aromatic rings. The van der Waals surface area contributed by atoms with Crippen LogP contribution in [0.3, 0.4) is 0 Å². The number of rotatable bonds is 9. The van der Waals surface area contributed by atoms with E-state index in [1.807, 2.05) is 37.3 Å². The van der Waals surface area contributed by atoms with E-state index >= 15 is 0 Å². The second-order valence-corrected chi connectivity index (χ2v) is 7.01. The Hall–Kier alpha value is -2.60. The van der Waals surface area contributed by atoms with Gasteiger partial charge in [0.05, 0.1) is 12.7 Å². The molecule has 2 unspecified atom stereocenters. The lowest BCUT2D eigenvalue weighted by molar-refractivity contribution is 0.00574. The van der Waals surface area contributed by atoms with Gasteiger partial charge >= 0.3 is 0 Å². The number of ether oxygens (including phenoxy) is 1. The summed E-state index contributed by atoms with van der Waals surface area (Å²) in [6, 6.07) is 22.0. The van der Waals surface area contributed by atoms with Crippen LogP contribution in [0.5, 0.6) is 0 Å². The molecule has 0 bridgehead atoms. The third kappa shape index (κ3) is 6.19. The fourth-order valence-corrected chi connectivity index (χ4v) is 3.10.